The third kappa shape index (κ3) is 1.43. The Bertz CT molecular complexity index is 379. The molecule has 0 aromatic rings. The number of methoxy groups -OCH3 is 1. The van der Waals surface area contributed by atoms with Gasteiger partial charge in [-0.2, -0.15) is 0 Å². The van der Waals surface area contributed by atoms with Crippen LogP contribution in [0.1, 0.15) is 46.0 Å². The standard InChI is InChI=1S/C15H23BrO2/c1-14(2)9-7-11-10(12(17)18-3)5-4-6-15(11,8-9)13(14)16/h9-11,13H,4-8H2,1-3H3/t9-,10+,11+,13+,15-/m0/s1. The number of carbonyl (C=O) groups is 1. The van der Waals surface area contributed by atoms with E-state index >= 15 is 0 Å². The molecule has 3 aliphatic rings. The molecule has 3 rings (SSSR count). The average molecular weight is 315 g/mol. The molecule has 5 atom stereocenters. The number of hydrogen-bond donors (Lipinski definition) is 0. The zero-order chi connectivity index (χ0) is 13.1. The molecule has 3 aliphatic carbocycles. The van der Waals surface area contributed by atoms with Crippen LogP contribution in [0.3, 0.4) is 0 Å². The lowest BCUT2D eigenvalue weighted by atomic mass is 9.57. The van der Waals surface area contributed by atoms with Crippen molar-refractivity contribution in [2.75, 3.05) is 7.11 Å². The van der Waals surface area contributed by atoms with E-state index in [2.05, 4.69) is 29.8 Å². The van der Waals surface area contributed by atoms with E-state index in [9.17, 15) is 4.79 Å². The summed E-state index contributed by atoms with van der Waals surface area (Å²) in [5.41, 5.74) is 0.750. The summed E-state index contributed by atoms with van der Waals surface area (Å²) >= 11 is 4.00. The summed E-state index contributed by atoms with van der Waals surface area (Å²) in [5.74, 6) is 1.52. The first-order valence-electron chi connectivity index (χ1n) is 7.15. The Hall–Kier alpha value is -0.0500. The van der Waals surface area contributed by atoms with Crippen molar-refractivity contribution in [3.8, 4) is 0 Å². The van der Waals surface area contributed by atoms with Crippen molar-refractivity contribution in [3.63, 3.8) is 0 Å². The molecule has 18 heavy (non-hydrogen) atoms. The van der Waals surface area contributed by atoms with E-state index < -0.39 is 0 Å². The van der Waals surface area contributed by atoms with E-state index in [0.29, 0.717) is 21.6 Å². The minimum Gasteiger partial charge on any atom is -0.469 e. The fraction of sp³-hybridized carbons (Fsp3) is 0.933. The SMILES string of the molecule is COC(=O)[C@@H]1CCC[C@]23C[C@H](C[C@H]12)C(C)(C)[C@H]3Br. The van der Waals surface area contributed by atoms with Crippen LogP contribution in [-0.2, 0) is 9.53 Å². The van der Waals surface area contributed by atoms with Crippen molar-refractivity contribution in [1.29, 1.82) is 0 Å². The lowest BCUT2D eigenvalue weighted by Crippen LogP contribution is -2.49. The molecule has 3 fully saturated rings. The van der Waals surface area contributed by atoms with E-state index in [-0.39, 0.29) is 11.9 Å². The molecule has 0 amide bonds. The van der Waals surface area contributed by atoms with Crippen LogP contribution in [0.25, 0.3) is 0 Å². The molecule has 0 saturated heterocycles. The fourth-order valence-corrected chi connectivity index (χ4v) is 6.43. The maximum Gasteiger partial charge on any atom is 0.308 e. The maximum atomic E-state index is 12.0. The number of ether oxygens (including phenoxy) is 1. The molecule has 0 aromatic heterocycles. The smallest absolute Gasteiger partial charge is 0.308 e. The second-order valence-electron chi connectivity index (χ2n) is 7.18. The first-order chi connectivity index (χ1) is 8.43. The Morgan fingerprint density at radius 1 is 1.39 bits per heavy atom. The third-order valence-electron chi connectivity index (χ3n) is 6.26. The second-order valence-corrected chi connectivity index (χ2v) is 8.10. The summed E-state index contributed by atoms with van der Waals surface area (Å²) in [6.45, 7) is 4.79. The van der Waals surface area contributed by atoms with E-state index in [4.69, 9.17) is 4.74 Å². The topological polar surface area (TPSA) is 26.3 Å². The Balaban J connectivity index is 1.94. The number of alkyl halides is 1. The van der Waals surface area contributed by atoms with E-state index in [1.165, 1.54) is 32.8 Å². The van der Waals surface area contributed by atoms with Gasteiger partial charge in [-0.3, -0.25) is 4.79 Å². The molecule has 3 heteroatoms. The molecule has 1 spiro atoms. The highest BCUT2D eigenvalue weighted by atomic mass is 79.9. The fourth-order valence-electron chi connectivity index (χ4n) is 5.31. The molecule has 102 valence electrons. The summed E-state index contributed by atoms with van der Waals surface area (Å²) in [6.07, 6.45) is 6.05. The molecule has 2 bridgehead atoms. The van der Waals surface area contributed by atoms with Crippen LogP contribution in [0, 0.1) is 28.6 Å². The molecule has 2 nitrogen and oxygen atoms in total. The first-order valence-corrected chi connectivity index (χ1v) is 8.07. The Labute approximate surface area is 118 Å². The highest BCUT2D eigenvalue weighted by Gasteiger charge is 2.67. The minimum absolute atomic E-state index is 0.0316. The van der Waals surface area contributed by atoms with Gasteiger partial charge in [0.2, 0.25) is 0 Å². The first kappa shape index (κ1) is 13.0. The van der Waals surface area contributed by atoms with Crippen molar-refractivity contribution in [1.82, 2.24) is 0 Å². The third-order valence-corrected chi connectivity index (χ3v) is 8.35. The number of carbonyl (C=O) groups excluding carboxylic acids is 1. The van der Waals surface area contributed by atoms with E-state index in [1.807, 2.05) is 0 Å². The van der Waals surface area contributed by atoms with Gasteiger partial charge in [-0.25, -0.2) is 0 Å². The van der Waals surface area contributed by atoms with Gasteiger partial charge in [-0.15, -0.1) is 0 Å². The molecule has 0 heterocycles. The van der Waals surface area contributed by atoms with Crippen LogP contribution >= 0.6 is 15.9 Å². The second kappa shape index (κ2) is 3.97. The van der Waals surface area contributed by atoms with Crippen LogP contribution in [0.4, 0.5) is 0 Å². The van der Waals surface area contributed by atoms with Crippen molar-refractivity contribution in [3.05, 3.63) is 0 Å². The number of hydrogen-bond acceptors (Lipinski definition) is 2. The van der Waals surface area contributed by atoms with Crippen molar-refractivity contribution >= 4 is 21.9 Å². The van der Waals surface area contributed by atoms with Crippen LogP contribution < -0.4 is 0 Å². The van der Waals surface area contributed by atoms with Crippen LogP contribution in [-0.4, -0.2) is 17.9 Å². The highest BCUT2D eigenvalue weighted by Crippen LogP contribution is 2.72. The number of rotatable bonds is 1. The maximum absolute atomic E-state index is 12.0. The molecule has 0 radical (unpaired) electrons. The largest absolute Gasteiger partial charge is 0.469 e. The Kier molecular flexibility index (Phi) is 2.86. The zero-order valence-electron chi connectivity index (χ0n) is 11.5. The predicted molar refractivity (Wildman–Crippen MR) is 74.5 cm³/mol. The summed E-state index contributed by atoms with van der Waals surface area (Å²) in [7, 11) is 1.53. The summed E-state index contributed by atoms with van der Waals surface area (Å²) < 4.78 is 5.04. The van der Waals surface area contributed by atoms with Crippen molar-refractivity contribution in [2.45, 2.75) is 50.8 Å². The van der Waals surface area contributed by atoms with Crippen LogP contribution in [0.15, 0.2) is 0 Å². The van der Waals surface area contributed by atoms with Crippen molar-refractivity contribution in [2.24, 2.45) is 28.6 Å². The van der Waals surface area contributed by atoms with Gasteiger partial charge in [-0.1, -0.05) is 36.2 Å². The summed E-state index contributed by atoms with van der Waals surface area (Å²) in [4.78, 5) is 12.6. The Morgan fingerprint density at radius 3 is 2.72 bits per heavy atom. The number of fused-ring (bicyclic) bond motifs is 1. The van der Waals surface area contributed by atoms with Crippen molar-refractivity contribution < 1.29 is 9.53 Å². The Morgan fingerprint density at radius 2 is 2.11 bits per heavy atom. The lowest BCUT2D eigenvalue weighted by Gasteiger charge is -2.50. The molecule has 0 N–H and O–H groups in total. The van der Waals surface area contributed by atoms with Gasteiger partial charge in [0.15, 0.2) is 0 Å². The van der Waals surface area contributed by atoms with Gasteiger partial charge < -0.3 is 4.74 Å². The lowest BCUT2D eigenvalue weighted by molar-refractivity contribution is -0.152. The number of esters is 1. The van der Waals surface area contributed by atoms with E-state index in [1.54, 1.807) is 0 Å². The van der Waals surface area contributed by atoms with Crippen LogP contribution in [0.5, 0.6) is 0 Å². The summed E-state index contributed by atoms with van der Waals surface area (Å²) in [5, 5.41) is 0. The van der Waals surface area contributed by atoms with Gasteiger partial charge >= 0.3 is 5.97 Å². The van der Waals surface area contributed by atoms with Gasteiger partial charge in [0.25, 0.3) is 0 Å². The molecular weight excluding hydrogens is 292 g/mol. The normalized spacial score (nSPS) is 48.9. The van der Waals surface area contributed by atoms with Gasteiger partial charge in [0.05, 0.1) is 13.0 Å². The average Bonchev–Trinajstić information content (AvgIpc) is 2.83. The highest BCUT2D eigenvalue weighted by molar-refractivity contribution is 9.09. The minimum atomic E-state index is 0.0316. The molecule has 3 saturated carbocycles. The molecule has 0 aliphatic heterocycles. The van der Waals surface area contributed by atoms with Crippen LogP contribution in [0.2, 0.25) is 0 Å². The quantitative estimate of drug-likeness (QED) is 0.544. The molecular formula is C15H23BrO2. The zero-order valence-corrected chi connectivity index (χ0v) is 13.1. The molecule has 0 unspecified atom stereocenters. The van der Waals surface area contributed by atoms with E-state index in [0.717, 1.165) is 12.3 Å². The number of halogens is 1. The monoisotopic (exact) mass is 314 g/mol. The molecule has 0 aromatic carbocycles. The summed E-state index contributed by atoms with van der Waals surface area (Å²) in [6, 6.07) is 0. The van der Waals surface area contributed by atoms with Gasteiger partial charge in [0, 0.05) is 4.83 Å². The van der Waals surface area contributed by atoms with Gasteiger partial charge in [-0.05, 0) is 48.3 Å². The van der Waals surface area contributed by atoms with Gasteiger partial charge in [0.1, 0.15) is 0 Å². The predicted octanol–water partition coefficient (Wildman–Crippen LogP) is 3.78.